The molecule has 2 aromatic carbocycles. The number of nitrogens with zero attached hydrogens (tertiary/aromatic N) is 2. The predicted molar refractivity (Wildman–Crippen MR) is 128 cm³/mol. The molecular formula is C24H29N3O6S. The van der Waals surface area contributed by atoms with Gasteiger partial charge in [0.25, 0.3) is 0 Å². The Balaban J connectivity index is 1.43. The van der Waals surface area contributed by atoms with Gasteiger partial charge in [-0.2, -0.15) is 4.31 Å². The monoisotopic (exact) mass is 487 g/mol. The number of amides is 2. The van der Waals surface area contributed by atoms with Crippen molar-refractivity contribution in [3.63, 3.8) is 0 Å². The van der Waals surface area contributed by atoms with Gasteiger partial charge in [0.15, 0.2) is 11.5 Å². The summed E-state index contributed by atoms with van der Waals surface area (Å²) in [6.45, 7) is 5.69. The van der Waals surface area contributed by atoms with E-state index in [0.29, 0.717) is 49.2 Å². The molecule has 2 heterocycles. The SMILES string of the molecule is CCN(CC)S(=O)(=O)c1ccc(N2CC(C(=O)Nc3ccc4c(c3)OCCCO4)CC2=O)cc1. The Morgan fingerprint density at radius 1 is 1.06 bits per heavy atom. The highest BCUT2D eigenvalue weighted by atomic mass is 32.2. The van der Waals surface area contributed by atoms with E-state index in [9.17, 15) is 18.0 Å². The Morgan fingerprint density at radius 2 is 1.74 bits per heavy atom. The molecule has 2 aromatic rings. The molecule has 10 heteroatoms. The molecule has 0 spiro atoms. The molecule has 1 unspecified atom stereocenters. The van der Waals surface area contributed by atoms with Crippen LogP contribution >= 0.6 is 0 Å². The number of sulfonamides is 1. The molecule has 2 aliphatic heterocycles. The van der Waals surface area contributed by atoms with Gasteiger partial charge in [0.1, 0.15) is 0 Å². The molecular weight excluding hydrogens is 458 g/mol. The first kappa shape index (κ1) is 24.0. The quantitative estimate of drug-likeness (QED) is 0.644. The molecule has 4 rings (SSSR count). The normalized spacial score (nSPS) is 18.1. The van der Waals surface area contributed by atoms with Gasteiger partial charge in [0.2, 0.25) is 21.8 Å². The van der Waals surface area contributed by atoms with Gasteiger partial charge >= 0.3 is 0 Å². The zero-order chi connectivity index (χ0) is 24.3. The summed E-state index contributed by atoms with van der Waals surface area (Å²) in [7, 11) is -3.58. The minimum absolute atomic E-state index is 0.0792. The Bertz CT molecular complexity index is 1160. The van der Waals surface area contributed by atoms with Gasteiger partial charge in [-0.1, -0.05) is 13.8 Å². The van der Waals surface area contributed by atoms with E-state index in [1.807, 2.05) is 0 Å². The molecule has 0 aromatic heterocycles. The van der Waals surface area contributed by atoms with E-state index >= 15 is 0 Å². The van der Waals surface area contributed by atoms with Crippen LogP contribution in [0.5, 0.6) is 11.5 Å². The van der Waals surface area contributed by atoms with Crippen molar-refractivity contribution in [1.82, 2.24) is 4.31 Å². The maximum atomic E-state index is 12.9. The first-order valence-electron chi connectivity index (χ1n) is 11.4. The summed E-state index contributed by atoms with van der Waals surface area (Å²) in [5, 5.41) is 2.86. The van der Waals surface area contributed by atoms with Crippen LogP contribution in [0.3, 0.4) is 0 Å². The van der Waals surface area contributed by atoms with Crippen molar-refractivity contribution in [3.8, 4) is 11.5 Å². The van der Waals surface area contributed by atoms with Gasteiger partial charge in [-0.05, 0) is 36.4 Å². The molecule has 0 saturated carbocycles. The Morgan fingerprint density at radius 3 is 2.41 bits per heavy atom. The highest BCUT2D eigenvalue weighted by molar-refractivity contribution is 7.89. The first-order valence-corrected chi connectivity index (χ1v) is 12.9. The number of carbonyl (C=O) groups excluding carboxylic acids is 2. The Hall–Kier alpha value is -3.11. The average Bonchev–Trinajstić information content (AvgIpc) is 3.06. The summed E-state index contributed by atoms with van der Waals surface area (Å²) in [5.41, 5.74) is 1.14. The number of fused-ring (bicyclic) bond motifs is 1. The van der Waals surface area contributed by atoms with Crippen molar-refractivity contribution in [3.05, 3.63) is 42.5 Å². The topological polar surface area (TPSA) is 105 Å². The van der Waals surface area contributed by atoms with E-state index in [4.69, 9.17) is 9.47 Å². The third-order valence-corrected chi connectivity index (χ3v) is 8.07. The molecule has 9 nitrogen and oxygen atoms in total. The van der Waals surface area contributed by atoms with Crippen LogP contribution in [0, 0.1) is 5.92 Å². The number of hydrogen-bond acceptors (Lipinski definition) is 6. The number of anilines is 2. The lowest BCUT2D eigenvalue weighted by Gasteiger charge is -2.20. The lowest BCUT2D eigenvalue weighted by molar-refractivity contribution is -0.122. The van der Waals surface area contributed by atoms with Crippen LogP contribution < -0.4 is 19.7 Å². The maximum Gasteiger partial charge on any atom is 0.243 e. The molecule has 0 aliphatic carbocycles. The van der Waals surface area contributed by atoms with Crippen LogP contribution in [-0.4, -0.2) is 57.4 Å². The second-order valence-corrected chi connectivity index (χ2v) is 10.1. The third kappa shape index (κ3) is 4.88. The first-order chi connectivity index (χ1) is 16.3. The van der Waals surface area contributed by atoms with E-state index < -0.39 is 15.9 Å². The van der Waals surface area contributed by atoms with Crippen LogP contribution in [0.4, 0.5) is 11.4 Å². The molecule has 1 atom stereocenters. The minimum Gasteiger partial charge on any atom is -0.490 e. The maximum absolute atomic E-state index is 12.9. The molecule has 182 valence electrons. The van der Waals surface area contributed by atoms with Crippen molar-refractivity contribution in [2.45, 2.75) is 31.6 Å². The fraction of sp³-hybridized carbons (Fsp3) is 0.417. The van der Waals surface area contributed by atoms with Crippen LogP contribution in [0.1, 0.15) is 26.7 Å². The highest BCUT2D eigenvalue weighted by Crippen LogP contribution is 2.33. The van der Waals surface area contributed by atoms with Crippen molar-refractivity contribution < 1.29 is 27.5 Å². The number of hydrogen-bond donors (Lipinski definition) is 1. The second kappa shape index (κ2) is 10.0. The van der Waals surface area contributed by atoms with Gasteiger partial charge in [-0.15, -0.1) is 0 Å². The lowest BCUT2D eigenvalue weighted by Crippen LogP contribution is -2.31. The summed E-state index contributed by atoms with van der Waals surface area (Å²) in [5.74, 6) is 0.259. The van der Waals surface area contributed by atoms with Gasteiger partial charge in [-0.3, -0.25) is 9.59 Å². The fourth-order valence-electron chi connectivity index (χ4n) is 4.13. The zero-order valence-electron chi connectivity index (χ0n) is 19.3. The third-order valence-electron chi connectivity index (χ3n) is 6.00. The molecule has 1 saturated heterocycles. The standard InChI is InChI=1S/C24H29N3O6S/c1-3-26(4-2)34(30,31)20-9-7-19(8-10-20)27-16-17(14-23(27)28)24(29)25-18-6-11-21-22(15-18)33-13-5-12-32-21/h6-11,15,17H,3-5,12-14,16H2,1-2H3,(H,25,29). The smallest absolute Gasteiger partial charge is 0.243 e. The van der Waals surface area contributed by atoms with Crippen molar-refractivity contribution in [2.75, 3.05) is 43.1 Å². The predicted octanol–water partition coefficient (Wildman–Crippen LogP) is 2.87. The van der Waals surface area contributed by atoms with Crippen molar-refractivity contribution in [2.24, 2.45) is 5.92 Å². The van der Waals surface area contributed by atoms with Crippen LogP contribution in [0.15, 0.2) is 47.4 Å². The minimum atomic E-state index is -3.58. The summed E-state index contributed by atoms with van der Waals surface area (Å²) < 4.78 is 38.0. The number of nitrogens with one attached hydrogen (secondary N) is 1. The summed E-state index contributed by atoms with van der Waals surface area (Å²) in [4.78, 5) is 27.2. The number of benzene rings is 2. The molecule has 0 radical (unpaired) electrons. The number of rotatable bonds is 7. The second-order valence-electron chi connectivity index (χ2n) is 8.19. The molecule has 34 heavy (non-hydrogen) atoms. The molecule has 2 aliphatic rings. The van der Waals surface area contributed by atoms with Gasteiger partial charge in [0.05, 0.1) is 24.0 Å². The van der Waals surface area contributed by atoms with E-state index in [1.54, 1.807) is 44.2 Å². The molecule has 1 N–H and O–H groups in total. The van der Waals surface area contributed by atoms with Crippen LogP contribution in [0.2, 0.25) is 0 Å². The van der Waals surface area contributed by atoms with Crippen LogP contribution in [0.25, 0.3) is 0 Å². The van der Waals surface area contributed by atoms with E-state index in [1.165, 1.54) is 21.3 Å². The fourth-order valence-corrected chi connectivity index (χ4v) is 5.59. The van der Waals surface area contributed by atoms with E-state index in [2.05, 4.69) is 5.32 Å². The Labute approximate surface area is 199 Å². The summed E-state index contributed by atoms with van der Waals surface area (Å²) >= 11 is 0. The summed E-state index contributed by atoms with van der Waals surface area (Å²) in [6, 6.07) is 11.5. The number of ether oxygens (including phenoxy) is 2. The lowest BCUT2D eigenvalue weighted by atomic mass is 10.1. The molecule has 2 amide bonds. The Kier molecular flexibility index (Phi) is 7.08. The van der Waals surface area contributed by atoms with Crippen molar-refractivity contribution in [1.29, 1.82) is 0 Å². The largest absolute Gasteiger partial charge is 0.490 e. The summed E-state index contributed by atoms with van der Waals surface area (Å²) in [6.07, 6.45) is 0.870. The number of carbonyl (C=O) groups is 2. The molecule has 0 bridgehead atoms. The molecule has 1 fully saturated rings. The highest BCUT2D eigenvalue weighted by Gasteiger charge is 2.35. The van der Waals surface area contributed by atoms with Gasteiger partial charge in [-0.25, -0.2) is 8.42 Å². The van der Waals surface area contributed by atoms with Crippen molar-refractivity contribution >= 4 is 33.2 Å². The van der Waals surface area contributed by atoms with Crippen LogP contribution in [-0.2, 0) is 19.6 Å². The van der Waals surface area contributed by atoms with Gasteiger partial charge < -0.3 is 19.7 Å². The zero-order valence-corrected chi connectivity index (χ0v) is 20.1. The van der Waals surface area contributed by atoms with Gasteiger partial charge in [0, 0.05) is 49.9 Å². The van der Waals surface area contributed by atoms with E-state index in [-0.39, 0.29) is 29.7 Å². The van der Waals surface area contributed by atoms with E-state index in [0.717, 1.165) is 6.42 Å². The average molecular weight is 488 g/mol.